The third kappa shape index (κ3) is 1.77. The van der Waals surface area contributed by atoms with Crippen molar-refractivity contribution in [2.75, 3.05) is 6.54 Å². The van der Waals surface area contributed by atoms with Gasteiger partial charge in [-0.15, -0.1) is 0 Å². The molecule has 1 aromatic rings. The standard InChI is InChI=1S/C11H14ClNO2/c1-6-4-8-9(12)5-7(2-3-13)10(14)11(8)15-6/h5-6,14H,2-4,13H2,1H3. The number of benzene rings is 1. The molecular formula is C11H14ClNO2. The topological polar surface area (TPSA) is 55.5 Å². The summed E-state index contributed by atoms with van der Waals surface area (Å²) in [6, 6.07) is 1.78. The molecule has 82 valence electrons. The minimum absolute atomic E-state index is 0.0801. The fraction of sp³-hybridized carbons (Fsp3) is 0.455. The number of fused-ring (bicyclic) bond motifs is 1. The Bertz CT molecular complexity index is 393. The first kappa shape index (κ1) is 10.6. The number of aromatic hydroxyl groups is 1. The van der Waals surface area contributed by atoms with E-state index < -0.39 is 0 Å². The molecule has 0 radical (unpaired) electrons. The van der Waals surface area contributed by atoms with Crippen LogP contribution in [0.1, 0.15) is 18.1 Å². The van der Waals surface area contributed by atoms with E-state index in [1.807, 2.05) is 6.92 Å². The molecule has 1 atom stereocenters. The fourth-order valence-corrected chi connectivity index (χ4v) is 2.19. The summed E-state index contributed by atoms with van der Waals surface area (Å²) in [4.78, 5) is 0. The van der Waals surface area contributed by atoms with E-state index >= 15 is 0 Å². The lowest BCUT2D eigenvalue weighted by molar-refractivity contribution is 0.244. The van der Waals surface area contributed by atoms with E-state index in [1.54, 1.807) is 6.07 Å². The van der Waals surface area contributed by atoms with Crippen LogP contribution in [0.2, 0.25) is 5.02 Å². The van der Waals surface area contributed by atoms with Crippen molar-refractivity contribution in [1.82, 2.24) is 0 Å². The number of halogens is 1. The van der Waals surface area contributed by atoms with Gasteiger partial charge in [-0.05, 0) is 26.0 Å². The lowest BCUT2D eigenvalue weighted by Crippen LogP contribution is -2.05. The highest BCUT2D eigenvalue weighted by atomic mass is 35.5. The van der Waals surface area contributed by atoms with Gasteiger partial charge in [-0.1, -0.05) is 11.6 Å². The van der Waals surface area contributed by atoms with Crippen LogP contribution in [0.25, 0.3) is 0 Å². The van der Waals surface area contributed by atoms with Crippen LogP contribution in [0.3, 0.4) is 0 Å². The Labute approximate surface area is 93.8 Å². The highest BCUT2D eigenvalue weighted by Gasteiger charge is 2.26. The average molecular weight is 228 g/mol. The number of phenolic OH excluding ortho intramolecular Hbond substituents is 1. The zero-order chi connectivity index (χ0) is 11.0. The molecule has 3 N–H and O–H groups in total. The Morgan fingerprint density at radius 2 is 2.40 bits per heavy atom. The smallest absolute Gasteiger partial charge is 0.166 e. The van der Waals surface area contributed by atoms with E-state index in [9.17, 15) is 5.11 Å². The van der Waals surface area contributed by atoms with Crippen LogP contribution in [0.4, 0.5) is 0 Å². The molecule has 0 amide bonds. The SMILES string of the molecule is CC1Cc2c(Cl)cc(CCN)c(O)c2O1. The summed E-state index contributed by atoms with van der Waals surface area (Å²) in [5.74, 6) is 0.739. The van der Waals surface area contributed by atoms with Gasteiger partial charge in [0.15, 0.2) is 11.5 Å². The quantitative estimate of drug-likeness (QED) is 0.811. The van der Waals surface area contributed by atoms with Crippen molar-refractivity contribution in [3.05, 3.63) is 22.2 Å². The average Bonchev–Trinajstić information content (AvgIpc) is 2.57. The Kier molecular flexibility index (Phi) is 2.76. The van der Waals surface area contributed by atoms with Crippen molar-refractivity contribution in [3.63, 3.8) is 0 Å². The van der Waals surface area contributed by atoms with E-state index in [4.69, 9.17) is 22.1 Å². The second-order valence-corrected chi connectivity index (χ2v) is 4.25. The van der Waals surface area contributed by atoms with Crippen LogP contribution in [0.15, 0.2) is 6.07 Å². The molecule has 15 heavy (non-hydrogen) atoms. The predicted octanol–water partition coefficient (Wildman–Crippen LogP) is 1.87. The zero-order valence-electron chi connectivity index (χ0n) is 8.59. The molecule has 0 fully saturated rings. The van der Waals surface area contributed by atoms with E-state index in [-0.39, 0.29) is 11.9 Å². The van der Waals surface area contributed by atoms with Gasteiger partial charge in [0, 0.05) is 22.6 Å². The number of ether oxygens (including phenoxy) is 1. The fourth-order valence-electron chi connectivity index (χ4n) is 1.90. The van der Waals surface area contributed by atoms with Gasteiger partial charge in [0.05, 0.1) is 0 Å². The van der Waals surface area contributed by atoms with Crippen LogP contribution in [-0.2, 0) is 12.8 Å². The van der Waals surface area contributed by atoms with E-state index in [1.165, 1.54) is 0 Å². The third-order valence-corrected chi connectivity index (χ3v) is 2.94. The molecule has 0 aliphatic carbocycles. The first-order valence-electron chi connectivity index (χ1n) is 5.03. The monoisotopic (exact) mass is 227 g/mol. The van der Waals surface area contributed by atoms with Crippen LogP contribution in [0, 0.1) is 0 Å². The number of rotatable bonds is 2. The lowest BCUT2D eigenvalue weighted by Gasteiger charge is -2.10. The molecule has 1 aromatic carbocycles. The molecular weight excluding hydrogens is 214 g/mol. The lowest BCUT2D eigenvalue weighted by atomic mass is 10.0. The van der Waals surface area contributed by atoms with Gasteiger partial charge in [0.25, 0.3) is 0 Å². The normalized spacial score (nSPS) is 18.7. The van der Waals surface area contributed by atoms with Crippen molar-refractivity contribution in [1.29, 1.82) is 0 Å². The molecule has 2 rings (SSSR count). The number of nitrogens with two attached hydrogens (primary N) is 1. The molecule has 4 heteroatoms. The van der Waals surface area contributed by atoms with Gasteiger partial charge in [-0.2, -0.15) is 0 Å². The van der Waals surface area contributed by atoms with Crippen molar-refractivity contribution in [3.8, 4) is 11.5 Å². The summed E-state index contributed by atoms with van der Waals surface area (Å²) in [7, 11) is 0. The van der Waals surface area contributed by atoms with E-state index in [0.717, 1.165) is 17.5 Å². The van der Waals surface area contributed by atoms with Crippen molar-refractivity contribution >= 4 is 11.6 Å². The molecule has 0 spiro atoms. The second kappa shape index (κ2) is 3.91. The zero-order valence-corrected chi connectivity index (χ0v) is 9.34. The highest BCUT2D eigenvalue weighted by Crippen LogP contribution is 2.43. The van der Waals surface area contributed by atoms with E-state index in [2.05, 4.69) is 0 Å². The van der Waals surface area contributed by atoms with Crippen molar-refractivity contribution in [2.45, 2.75) is 25.9 Å². The number of hydrogen-bond acceptors (Lipinski definition) is 3. The summed E-state index contributed by atoms with van der Waals surface area (Å²) in [5.41, 5.74) is 7.12. The van der Waals surface area contributed by atoms with Gasteiger partial charge in [0.1, 0.15) is 6.10 Å². The molecule has 0 bridgehead atoms. The highest BCUT2D eigenvalue weighted by molar-refractivity contribution is 6.31. The largest absolute Gasteiger partial charge is 0.504 e. The molecule has 1 unspecified atom stereocenters. The first-order chi connectivity index (χ1) is 7.13. The van der Waals surface area contributed by atoms with Crippen LogP contribution in [0.5, 0.6) is 11.5 Å². The summed E-state index contributed by atoms with van der Waals surface area (Å²) >= 11 is 6.12. The van der Waals surface area contributed by atoms with Gasteiger partial charge < -0.3 is 15.6 Å². The maximum absolute atomic E-state index is 9.94. The Balaban J connectivity index is 2.48. The molecule has 3 nitrogen and oxygen atoms in total. The maximum atomic E-state index is 9.94. The second-order valence-electron chi connectivity index (χ2n) is 3.85. The molecule has 1 aliphatic heterocycles. The first-order valence-corrected chi connectivity index (χ1v) is 5.41. The van der Waals surface area contributed by atoms with Gasteiger partial charge in [-0.3, -0.25) is 0 Å². The summed E-state index contributed by atoms with van der Waals surface area (Å²) in [6.45, 7) is 2.44. The van der Waals surface area contributed by atoms with Crippen LogP contribution < -0.4 is 10.5 Å². The Morgan fingerprint density at radius 3 is 3.07 bits per heavy atom. The van der Waals surface area contributed by atoms with Crippen LogP contribution in [-0.4, -0.2) is 17.8 Å². The predicted molar refractivity (Wildman–Crippen MR) is 59.7 cm³/mol. The minimum Gasteiger partial charge on any atom is -0.504 e. The Morgan fingerprint density at radius 1 is 1.67 bits per heavy atom. The maximum Gasteiger partial charge on any atom is 0.166 e. The number of hydrogen-bond donors (Lipinski definition) is 2. The summed E-state index contributed by atoms with van der Waals surface area (Å²) in [5, 5.41) is 10.6. The molecule has 1 aliphatic rings. The Hall–Kier alpha value is -0.930. The molecule has 0 aromatic heterocycles. The summed E-state index contributed by atoms with van der Waals surface area (Å²) < 4.78 is 5.53. The summed E-state index contributed by atoms with van der Waals surface area (Å²) in [6.07, 6.45) is 1.44. The third-order valence-electron chi connectivity index (χ3n) is 2.61. The van der Waals surface area contributed by atoms with Gasteiger partial charge >= 0.3 is 0 Å². The molecule has 0 saturated carbocycles. The van der Waals surface area contributed by atoms with Crippen molar-refractivity contribution < 1.29 is 9.84 Å². The van der Waals surface area contributed by atoms with Gasteiger partial charge in [-0.25, -0.2) is 0 Å². The van der Waals surface area contributed by atoms with Crippen LogP contribution >= 0.6 is 11.6 Å². The van der Waals surface area contributed by atoms with E-state index in [0.29, 0.717) is 23.7 Å². The van der Waals surface area contributed by atoms with Crippen molar-refractivity contribution in [2.24, 2.45) is 5.73 Å². The molecule has 1 heterocycles. The number of phenols is 1. The minimum atomic E-state index is 0.0801. The molecule has 0 saturated heterocycles. The van der Waals surface area contributed by atoms with Gasteiger partial charge in [0.2, 0.25) is 0 Å².